The molecule has 0 atom stereocenters. The van der Waals surface area contributed by atoms with Crippen molar-refractivity contribution in [1.29, 1.82) is 0 Å². The minimum Gasteiger partial charge on any atom is -0.346 e. The van der Waals surface area contributed by atoms with Gasteiger partial charge in [-0.2, -0.15) is 19.8 Å². The van der Waals surface area contributed by atoms with Crippen molar-refractivity contribution in [3.8, 4) is 0 Å². The molecule has 0 aromatic rings. The zero-order valence-electron chi connectivity index (χ0n) is 8.93. The van der Waals surface area contributed by atoms with E-state index >= 15 is 0 Å². The van der Waals surface area contributed by atoms with Gasteiger partial charge in [-0.25, -0.2) is 0 Å². The SMILES string of the molecule is [CH2-]C.[CH2-]C.[CH2-]C(CC)CC.[W].[W]. The molecule has 0 radical (unpaired) electrons. The third-order valence-electron chi connectivity index (χ3n) is 1.15. The van der Waals surface area contributed by atoms with Crippen LogP contribution < -0.4 is 0 Å². The average Bonchev–Trinajstić information content (AvgIpc) is 2.10. The zero-order chi connectivity index (χ0) is 8.99. The minimum atomic E-state index is 0. The first kappa shape index (κ1) is 29.2. The van der Waals surface area contributed by atoms with Crippen LogP contribution in [0.1, 0.15) is 40.5 Å². The standard InChI is InChI=1S/C6H13.2C2H5.2W/c1-4-6(3)5-2;2*1-2;;/h6H,3-5H2,1-2H3;2*1H2,2H3;;/q3*-1;;. The Kier molecular flexibility index (Phi) is 95.9. The smallest absolute Gasteiger partial charge is 0 e. The van der Waals surface area contributed by atoms with Crippen LogP contribution in [0.3, 0.4) is 0 Å². The van der Waals surface area contributed by atoms with E-state index in [1.54, 1.807) is 13.8 Å². The van der Waals surface area contributed by atoms with Crippen molar-refractivity contribution in [2.75, 3.05) is 0 Å². The largest absolute Gasteiger partial charge is 0.346 e. The third kappa shape index (κ3) is 42.4. The Labute approximate surface area is 109 Å². The van der Waals surface area contributed by atoms with Gasteiger partial charge in [0.2, 0.25) is 0 Å². The molecule has 0 unspecified atom stereocenters. The van der Waals surface area contributed by atoms with Gasteiger partial charge in [0.15, 0.2) is 0 Å². The number of rotatable bonds is 2. The Hall–Kier alpha value is 1.38. The summed E-state index contributed by atoms with van der Waals surface area (Å²) in [5.41, 5.74) is 0. The number of hydrogen-bond acceptors (Lipinski definition) is 0. The summed E-state index contributed by atoms with van der Waals surface area (Å²) in [4.78, 5) is 0. The van der Waals surface area contributed by atoms with E-state index in [1.165, 1.54) is 12.8 Å². The van der Waals surface area contributed by atoms with Crippen molar-refractivity contribution in [2.45, 2.75) is 40.5 Å². The van der Waals surface area contributed by atoms with E-state index in [0.29, 0.717) is 5.92 Å². The van der Waals surface area contributed by atoms with Crippen LogP contribution >= 0.6 is 0 Å². The normalized spacial score (nSPS) is 6.00. The molecule has 0 amide bonds. The quantitative estimate of drug-likeness (QED) is 0.494. The molecule has 0 heterocycles. The van der Waals surface area contributed by atoms with Crippen LogP contribution in [0.2, 0.25) is 0 Å². The van der Waals surface area contributed by atoms with Gasteiger partial charge in [-0.15, -0.1) is 0 Å². The molecule has 0 aromatic heterocycles. The van der Waals surface area contributed by atoms with Gasteiger partial charge < -0.3 is 20.8 Å². The van der Waals surface area contributed by atoms with Crippen LogP contribution in [-0.2, 0) is 42.1 Å². The number of hydrogen-bond donors (Lipinski definition) is 0. The maximum atomic E-state index is 3.88. The van der Waals surface area contributed by atoms with E-state index in [0.717, 1.165) is 0 Å². The topological polar surface area (TPSA) is 0 Å². The molecule has 0 nitrogen and oxygen atoms in total. The molecule has 0 N–H and O–H groups in total. The van der Waals surface area contributed by atoms with E-state index in [1.807, 2.05) is 0 Å². The zero-order valence-corrected chi connectivity index (χ0v) is 14.8. The summed E-state index contributed by atoms with van der Waals surface area (Å²) in [7, 11) is 0. The molecule has 12 heavy (non-hydrogen) atoms. The Balaban J connectivity index is -0.0000000241. The second-order valence-corrected chi connectivity index (χ2v) is 1.68. The van der Waals surface area contributed by atoms with Gasteiger partial charge in [-0.3, -0.25) is 0 Å². The molecule has 0 bridgehead atoms. The predicted octanol–water partition coefficient (Wildman–Crippen LogP) is 3.93. The van der Waals surface area contributed by atoms with Gasteiger partial charge >= 0.3 is 0 Å². The van der Waals surface area contributed by atoms with E-state index in [2.05, 4.69) is 34.6 Å². The fourth-order valence-corrected chi connectivity index (χ4v) is 0.289. The fraction of sp³-hybridized carbons (Fsp3) is 0.700. The summed E-state index contributed by atoms with van der Waals surface area (Å²) in [6.45, 7) is 18.2. The van der Waals surface area contributed by atoms with Crippen LogP contribution in [0.5, 0.6) is 0 Å². The third-order valence-corrected chi connectivity index (χ3v) is 1.15. The van der Waals surface area contributed by atoms with Gasteiger partial charge in [0.25, 0.3) is 0 Å². The van der Waals surface area contributed by atoms with E-state index in [9.17, 15) is 0 Å². The second kappa shape index (κ2) is 39.4. The van der Waals surface area contributed by atoms with Crippen molar-refractivity contribution < 1.29 is 42.1 Å². The van der Waals surface area contributed by atoms with Crippen LogP contribution in [0, 0.1) is 26.7 Å². The summed E-state index contributed by atoms with van der Waals surface area (Å²) < 4.78 is 0. The molecule has 0 aliphatic heterocycles. The van der Waals surface area contributed by atoms with E-state index in [-0.39, 0.29) is 42.1 Å². The van der Waals surface area contributed by atoms with Crippen molar-refractivity contribution >= 4 is 0 Å². The Bertz CT molecular complexity index is 27.0. The van der Waals surface area contributed by atoms with E-state index in [4.69, 9.17) is 0 Å². The summed E-state index contributed by atoms with van der Waals surface area (Å²) in [5, 5.41) is 0. The minimum absolute atomic E-state index is 0. The Morgan fingerprint density at radius 3 is 1.00 bits per heavy atom. The molecular formula is C10H23W2-3. The Morgan fingerprint density at radius 1 is 0.833 bits per heavy atom. The first-order chi connectivity index (χ1) is 4.81. The van der Waals surface area contributed by atoms with Crippen molar-refractivity contribution in [2.24, 2.45) is 5.92 Å². The summed E-state index contributed by atoms with van der Waals surface area (Å²) in [6, 6.07) is 0. The summed E-state index contributed by atoms with van der Waals surface area (Å²) in [5.74, 6) is 0.685. The van der Waals surface area contributed by atoms with Crippen LogP contribution in [0.25, 0.3) is 0 Å². The Morgan fingerprint density at radius 2 is 1.00 bits per heavy atom. The molecule has 0 aromatic carbocycles. The molecule has 0 saturated carbocycles. The van der Waals surface area contributed by atoms with Crippen LogP contribution in [0.4, 0.5) is 0 Å². The van der Waals surface area contributed by atoms with Gasteiger partial charge in [0, 0.05) is 42.1 Å². The second-order valence-electron chi connectivity index (χ2n) is 1.68. The van der Waals surface area contributed by atoms with E-state index < -0.39 is 0 Å². The van der Waals surface area contributed by atoms with Crippen LogP contribution in [-0.4, -0.2) is 0 Å². The summed E-state index contributed by atoms with van der Waals surface area (Å²) in [6.07, 6.45) is 2.44. The monoisotopic (exact) mass is 511 g/mol. The molecule has 0 saturated heterocycles. The molecule has 0 aliphatic carbocycles. The molecular weight excluding hydrogens is 488 g/mol. The average molecular weight is 511 g/mol. The van der Waals surface area contributed by atoms with Crippen molar-refractivity contribution in [3.05, 3.63) is 20.8 Å². The van der Waals surface area contributed by atoms with Crippen molar-refractivity contribution in [1.82, 2.24) is 0 Å². The van der Waals surface area contributed by atoms with Crippen molar-refractivity contribution in [3.63, 3.8) is 0 Å². The fourth-order valence-electron chi connectivity index (χ4n) is 0.289. The van der Waals surface area contributed by atoms with Gasteiger partial charge in [0.1, 0.15) is 0 Å². The molecule has 2 heteroatoms. The van der Waals surface area contributed by atoms with Gasteiger partial charge in [-0.05, 0) is 0 Å². The molecule has 0 spiro atoms. The summed E-state index contributed by atoms with van der Waals surface area (Å²) >= 11 is 0. The maximum Gasteiger partial charge on any atom is 0 e. The first-order valence-electron chi connectivity index (χ1n) is 4.05. The first-order valence-corrected chi connectivity index (χ1v) is 4.05. The maximum absolute atomic E-state index is 3.88. The van der Waals surface area contributed by atoms with Gasteiger partial charge in [0.05, 0.1) is 0 Å². The van der Waals surface area contributed by atoms with Gasteiger partial charge in [-0.1, -0.05) is 26.7 Å². The molecule has 0 fully saturated rings. The molecule has 0 aliphatic rings. The van der Waals surface area contributed by atoms with Crippen LogP contribution in [0.15, 0.2) is 0 Å². The predicted molar refractivity (Wildman–Crippen MR) is 51.5 cm³/mol. The molecule has 0 rings (SSSR count). The molecule has 78 valence electrons.